The molecule has 0 radical (unpaired) electrons. The van der Waals surface area contributed by atoms with Crippen LogP contribution in [0.15, 0.2) is 60.2 Å². The van der Waals surface area contributed by atoms with Crippen LogP contribution in [0.5, 0.6) is 17.2 Å². The maximum Gasteiger partial charge on any atom is 0.329 e. The highest BCUT2D eigenvalue weighted by molar-refractivity contribution is 6.35. The fourth-order valence-electron chi connectivity index (χ4n) is 2.36. The van der Waals surface area contributed by atoms with Crippen molar-refractivity contribution >= 4 is 29.6 Å². The number of hydrazone groups is 1. The van der Waals surface area contributed by atoms with E-state index in [4.69, 9.17) is 14.2 Å². The highest BCUT2D eigenvalue weighted by Crippen LogP contribution is 2.27. The molecule has 0 heterocycles. The third kappa shape index (κ3) is 7.48. The first-order chi connectivity index (χ1) is 15.5. The molecule has 0 saturated carbocycles. The molecule has 0 fully saturated rings. The van der Waals surface area contributed by atoms with Crippen molar-refractivity contribution in [2.45, 2.75) is 0 Å². The van der Waals surface area contributed by atoms with Gasteiger partial charge in [-0.3, -0.25) is 14.4 Å². The number of amides is 3. The summed E-state index contributed by atoms with van der Waals surface area (Å²) < 4.78 is 15.9. The van der Waals surface area contributed by atoms with E-state index in [-0.39, 0.29) is 19.1 Å². The van der Waals surface area contributed by atoms with Crippen LogP contribution in [0, 0.1) is 0 Å². The van der Waals surface area contributed by atoms with Crippen LogP contribution in [0.25, 0.3) is 0 Å². The lowest BCUT2D eigenvalue weighted by atomic mass is 10.2. The number of ether oxygens (including phenoxy) is 3. The number of methoxy groups -OCH3 is 2. The quantitative estimate of drug-likeness (QED) is 0.222. The summed E-state index contributed by atoms with van der Waals surface area (Å²) >= 11 is 0. The molecular formula is C22H24N4O6. The van der Waals surface area contributed by atoms with Crippen LogP contribution in [0.4, 0.5) is 5.69 Å². The van der Waals surface area contributed by atoms with Crippen molar-refractivity contribution in [3.8, 4) is 17.2 Å². The van der Waals surface area contributed by atoms with Gasteiger partial charge in [-0.05, 0) is 48.0 Å². The van der Waals surface area contributed by atoms with E-state index in [9.17, 15) is 14.4 Å². The molecule has 10 nitrogen and oxygen atoms in total. The number of benzene rings is 2. The molecule has 168 valence electrons. The van der Waals surface area contributed by atoms with E-state index in [1.54, 1.807) is 49.6 Å². The molecule has 0 spiro atoms. The second-order valence-electron chi connectivity index (χ2n) is 6.17. The molecule has 2 aromatic rings. The molecule has 3 N–H and O–H groups in total. The molecule has 0 unspecified atom stereocenters. The van der Waals surface area contributed by atoms with E-state index in [0.29, 0.717) is 28.5 Å². The zero-order valence-corrected chi connectivity index (χ0v) is 17.7. The van der Waals surface area contributed by atoms with Crippen molar-refractivity contribution in [2.24, 2.45) is 5.10 Å². The summed E-state index contributed by atoms with van der Waals surface area (Å²) in [6.07, 6.45) is 2.79. The van der Waals surface area contributed by atoms with Gasteiger partial charge in [0.15, 0.2) is 18.1 Å². The Labute approximate surface area is 185 Å². The summed E-state index contributed by atoms with van der Waals surface area (Å²) in [4.78, 5) is 35.1. The standard InChI is InChI=1S/C22H24N4O6/c1-4-11-23-21(28)22(29)26-24-13-15-5-10-18(19(12-15)31-3)32-14-20(27)25-16-6-8-17(30-2)9-7-16/h4-10,12-13H,1,11,14H2,2-3H3,(H,23,28)(H,25,27)(H,26,29)/b24-13-. The van der Waals surface area contributed by atoms with E-state index in [0.717, 1.165) is 0 Å². The monoisotopic (exact) mass is 440 g/mol. The minimum atomic E-state index is -0.905. The number of hydrogen-bond acceptors (Lipinski definition) is 7. The fourth-order valence-corrected chi connectivity index (χ4v) is 2.36. The molecule has 0 saturated heterocycles. The van der Waals surface area contributed by atoms with Crippen molar-refractivity contribution in [1.82, 2.24) is 10.7 Å². The largest absolute Gasteiger partial charge is 0.497 e. The molecule has 32 heavy (non-hydrogen) atoms. The Morgan fingerprint density at radius 1 is 1.00 bits per heavy atom. The summed E-state index contributed by atoms with van der Waals surface area (Å²) in [6, 6.07) is 11.7. The van der Waals surface area contributed by atoms with Crippen LogP contribution in [-0.2, 0) is 14.4 Å². The average Bonchev–Trinajstić information content (AvgIpc) is 2.81. The molecule has 2 rings (SSSR count). The SMILES string of the molecule is C=CCNC(=O)C(=O)N/N=C\c1ccc(OCC(=O)Nc2ccc(OC)cc2)c(OC)c1. The third-order valence-electron chi connectivity index (χ3n) is 3.91. The predicted octanol–water partition coefficient (Wildman–Crippen LogP) is 1.47. The van der Waals surface area contributed by atoms with Gasteiger partial charge in [-0.2, -0.15) is 5.10 Å². The molecule has 0 aromatic heterocycles. The number of rotatable bonds is 10. The Morgan fingerprint density at radius 2 is 1.75 bits per heavy atom. The summed E-state index contributed by atoms with van der Waals surface area (Å²) in [5.41, 5.74) is 3.30. The van der Waals surface area contributed by atoms with E-state index in [1.165, 1.54) is 19.4 Å². The molecule has 0 atom stereocenters. The Hall–Kier alpha value is -4.34. The molecule has 3 amide bonds. The van der Waals surface area contributed by atoms with Gasteiger partial charge in [0.05, 0.1) is 20.4 Å². The Balaban J connectivity index is 1.90. The normalized spacial score (nSPS) is 10.2. The van der Waals surface area contributed by atoms with E-state index < -0.39 is 11.8 Å². The fraction of sp³-hybridized carbons (Fsp3) is 0.182. The van der Waals surface area contributed by atoms with Gasteiger partial charge in [0.1, 0.15) is 5.75 Å². The lowest BCUT2D eigenvalue weighted by molar-refractivity contribution is -0.139. The highest BCUT2D eigenvalue weighted by atomic mass is 16.5. The first kappa shape index (κ1) is 23.9. The van der Waals surface area contributed by atoms with Crippen LogP contribution in [0.3, 0.4) is 0 Å². The van der Waals surface area contributed by atoms with E-state index in [1.807, 2.05) is 0 Å². The van der Waals surface area contributed by atoms with E-state index >= 15 is 0 Å². The number of nitrogens with one attached hydrogen (secondary N) is 3. The summed E-state index contributed by atoms with van der Waals surface area (Å²) in [5, 5.41) is 8.77. The zero-order chi connectivity index (χ0) is 23.3. The van der Waals surface area contributed by atoms with Gasteiger partial charge in [-0.15, -0.1) is 6.58 Å². The van der Waals surface area contributed by atoms with Crippen LogP contribution in [0.2, 0.25) is 0 Å². The van der Waals surface area contributed by atoms with Crippen molar-refractivity contribution < 1.29 is 28.6 Å². The molecule has 0 bridgehead atoms. The molecular weight excluding hydrogens is 416 g/mol. The molecule has 2 aromatic carbocycles. The van der Waals surface area contributed by atoms with Crippen LogP contribution >= 0.6 is 0 Å². The van der Waals surface area contributed by atoms with Crippen molar-refractivity contribution in [2.75, 3.05) is 32.7 Å². The van der Waals surface area contributed by atoms with Gasteiger partial charge in [-0.1, -0.05) is 6.08 Å². The maximum absolute atomic E-state index is 12.1. The smallest absolute Gasteiger partial charge is 0.329 e. The predicted molar refractivity (Wildman–Crippen MR) is 119 cm³/mol. The van der Waals surface area contributed by atoms with Crippen molar-refractivity contribution in [1.29, 1.82) is 0 Å². The zero-order valence-electron chi connectivity index (χ0n) is 17.7. The Morgan fingerprint density at radius 3 is 2.41 bits per heavy atom. The highest BCUT2D eigenvalue weighted by Gasteiger charge is 2.11. The lowest BCUT2D eigenvalue weighted by Gasteiger charge is -2.11. The Kier molecular flexibility index (Phi) is 9.26. The second kappa shape index (κ2) is 12.4. The van der Waals surface area contributed by atoms with Crippen LogP contribution in [-0.4, -0.2) is 51.3 Å². The van der Waals surface area contributed by atoms with Gasteiger partial charge in [0, 0.05) is 12.2 Å². The van der Waals surface area contributed by atoms with Gasteiger partial charge in [0.2, 0.25) is 0 Å². The summed E-state index contributed by atoms with van der Waals surface area (Å²) in [7, 11) is 3.01. The lowest BCUT2D eigenvalue weighted by Crippen LogP contribution is -2.37. The molecule has 0 aliphatic rings. The van der Waals surface area contributed by atoms with Gasteiger partial charge < -0.3 is 24.8 Å². The van der Waals surface area contributed by atoms with Crippen molar-refractivity contribution in [3.63, 3.8) is 0 Å². The minimum absolute atomic E-state index is 0.173. The number of carbonyl (C=O) groups excluding carboxylic acids is 3. The number of carbonyl (C=O) groups is 3. The van der Waals surface area contributed by atoms with Gasteiger partial charge >= 0.3 is 11.8 Å². The molecule has 0 aliphatic heterocycles. The van der Waals surface area contributed by atoms with Crippen LogP contribution < -0.4 is 30.3 Å². The first-order valence-corrected chi connectivity index (χ1v) is 9.43. The topological polar surface area (TPSA) is 127 Å². The Bertz CT molecular complexity index is 988. The summed E-state index contributed by atoms with van der Waals surface area (Å²) in [5.74, 6) is -0.679. The van der Waals surface area contributed by atoms with Gasteiger partial charge in [-0.25, -0.2) is 5.43 Å². The number of anilines is 1. The summed E-state index contributed by atoms with van der Waals surface area (Å²) in [6.45, 7) is 3.38. The number of hydrogen-bond donors (Lipinski definition) is 3. The van der Waals surface area contributed by atoms with Crippen LogP contribution in [0.1, 0.15) is 5.56 Å². The van der Waals surface area contributed by atoms with Gasteiger partial charge in [0.25, 0.3) is 5.91 Å². The average molecular weight is 440 g/mol. The van der Waals surface area contributed by atoms with Crippen molar-refractivity contribution in [3.05, 3.63) is 60.7 Å². The number of nitrogens with zero attached hydrogens (tertiary/aromatic N) is 1. The maximum atomic E-state index is 12.1. The van der Waals surface area contributed by atoms with E-state index in [2.05, 4.69) is 27.7 Å². The molecule has 10 heteroatoms. The minimum Gasteiger partial charge on any atom is -0.497 e. The third-order valence-corrected chi connectivity index (χ3v) is 3.91. The molecule has 0 aliphatic carbocycles. The second-order valence-corrected chi connectivity index (χ2v) is 6.17. The first-order valence-electron chi connectivity index (χ1n) is 9.43.